The maximum atomic E-state index is 14.0. The number of para-hydroxylation sites is 3. The van der Waals surface area contributed by atoms with Crippen LogP contribution in [0.1, 0.15) is 88.1 Å². The molecule has 3 aliphatic heterocycles. The van der Waals surface area contributed by atoms with E-state index >= 15 is 0 Å². The van der Waals surface area contributed by atoms with Crippen LogP contribution in [0.2, 0.25) is 0 Å². The van der Waals surface area contributed by atoms with Crippen molar-refractivity contribution in [1.29, 1.82) is 0 Å². The van der Waals surface area contributed by atoms with Crippen LogP contribution in [0, 0.1) is 0 Å². The third-order valence-electron chi connectivity index (χ3n) is 17.5. The number of aryl methyl sites for hydroxylation is 2. The largest absolute Gasteiger partial charge is 0.497 e. The topological polar surface area (TPSA) is 267 Å². The number of hydrogen-bond donors (Lipinski definition) is 1. The van der Waals surface area contributed by atoms with E-state index in [-0.39, 0.29) is 60.0 Å². The number of hydrogen-bond acceptors (Lipinski definition) is 19. The number of esters is 3. The van der Waals surface area contributed by atoms with Crippen LogP contribution in [-0.2, 0) is 34.9 Å². The number of nitrogens with zero attached hydrogens (tertiary/aromatic N) is 10. The number of halogens is 1. The second-order valence-electron chi connectivity index (χ2n) is 23.2. The van der Waals surface area contributed by atoms with Gasteiger partial charge in [-0.2, -0.15) is 5.10 Å². The molecule has 0 saturated carbocycles. The summed E-state index contributed by atoms with van der Waals surface area (Å²) in [6.45, 7) is 11.6. The van der Waals surface area contributed by atoms with Crippen LogP contribution in [0.25, 0.3) is 32.7 Å². The minimum Gasteiger partial charge on any atom is -0.497 e. The normalized spacial score (nSPS) is 13.9. The molecule has 9 heterocycles. The maximum absolute atomic E-state index is 14.0. The van der Waals surface area contributed by atoms with Crippen molar-refractivity contribution in [2.24, 2.45) is 14.1 Å². The van der Waals surface area contributed by atoms with Crippen molar-refractivity contribution in [3.63, 3.8) is 0 Å². The molecular formula is C72H74BrN11O14S. The lowest BCUT2D eigenvalue weighted by Gasteiger charge is -2.37. The van der Waals surface area contributed by atoms with Crippen LogP contribution in [0.15, 0.2) is 162 Å². The standard InChI is InChI=1S/C29H29N3O5S.C22H22BrN3O5.C21H23N5O4/c1-3-37-29(35)25-26(30-14-16-31(17-15-30)27(33)24-9-6-18-38-24)22-7-4-5-8-23(22)32(28(25)34)19-20-10-12-21(36-2)13-11-20;1-3-30-22(29)18-19(14-6-4-5-7-15(14)24(2)21(18)28)25-10-12-26(13-11-25)20(27)16-8-9-17(23)31-16;1-3-30-21(29)17-18(14-6-4-5-7-16(14)24(2)20(17)28)25-10-12-26(13-11-25)19(27)15-8-9-22-23-15/h4-13,18H,3,14-17,19H2,1-2H3;4-9H,3,10-13H2,1-2H3;4-9H,3,10-13H2,1-2H3,(H,22,23). The number of benzene rings is 4. The second kappa shape index (κ2) is 31.2. The van der Waals surface area contributed by atoms with Crippen molar-refractivity contribution in [3.8, 4) is 5.75 Å². The van der Waals surface area contributed by atoms with Gasteiger partial charge in [-0.1, -0.05) is 72.8 Å². The molecule has 514 valence electrons. The molecule has 0 unspecified atom stereocenters. The van der Waals surface area contributed by atoms with Gasteiger partial charge in [0.05, 0.1) is 72.0 Å². The summed E-state index contributed by atoms with van der Waals surface area (Å²) in [4.78, 5) is 129. The molecule has 13 rings (SSSR count). The zero-order valence-electron chi connectivity index (χ0n) is 55.6. The molecule has 3 fully saturated rings. The van der Waals surface area contributed by atoms with Crippen LogP contribution in [0.4, 0.5) is 17.1 Å². The molecule has 3 saturated heterocycles. The van der Waals surface area contributed by atoms with Crippen molar-refractivity contribution in [2.45, 2.75) is 27.3 Å². The number of fused-ring (bicyclic) bond motifs is 3. The van der Waals surface area contributed by atoms with Gasteiger partial charge in [0, 0.05) is 115 Å². The van der Waals surface area contributed by atoms with E-state index in [4.69, 9.17) is 23.4 Å². The fourth-order valence-electron chi connectivity index (χ4n) is 12.7. The van der Waals surface area contributed by atoms with Crippen LogP contribution >= 0.6 is 27.3 Å². The highest BCUT2D eigenvalue weighted by Crippen LogP contribution is 2.35. The maximum Gasteiger partial charge on any atom is 0.345 e. The summed E-state index contributed by atoms with van der Waals surface area (Å²) in [6, 6.07) is 38.7. The van der Waals surface area contributed by atoms with Crippen LogP contribution < -0.4 is 36.1 Å². The van der Waals surface area contributed by atoms with E-state index < -0.39 is 34.6 Å². The highest BCUT2D eigenvalue weighted by atomic mass is 79.9. The number of carbonyl (C=O) groups is 6. The van der Waals surface area contributed by atoms with E-state index in [2.05, 4.69) is 26.1 Å². The Morgan fingerprint density at radius 1 is 0.505 bits per heavy atom. The molecule has 10 aromatic rings. The molecule has 3 aliphatic rings. The zero-order chi connectivity index (χ0) is 70.0. The summed E-state index contributed by atoms with van der Waals surface area (Å²) in [5.41, 5.74) is 4.14. The Morgan fingerprint density at radius 3 is 1.35 bits per heavy atom. The van der Waals surface area contributed by atoms with E-state index in [1.807, 2.05) is 134 Å². The number of nitrogens with one attached hydrogen (secondary N) is 1. The number of carbonyl (C=O) groups excluding carboxylic acids is 6. The average molecular weight is 1430 g/mol. The van der Waals surface area contributed by atoms with Gasteiger partial charge in [0.25, 0.3) is 34.4 Å². The van der Waals surface area contributed by atoms with Crippen LogP contribution in [0.3, 0.4) is 0 Å². The van der Waals surface area contributed by atoms with Gasteiger partial charge in [-0.25, -0.2) is 14.4 Å². The quantitative estimate of drug-likeness (QED) is 0.0742. The van der Waals surface area contributed by atoms with Gasteiger partial charge >= 0.3 is 17.9 Å². The first-order valence-electron chi connectivity index (χ1n) is 32.4. The molecular weight excluding hydrogens is 1350 g/mol. The summed E-state index contributed by atoms with van der Waals surface area (Å²) < 4.78 is 31.5. The van der Waals surface area contributed by atoms with Gasteiger partial charge in [0.1, 0.15) is 28.1 Å². The molecule has 0 atom stereocenters. The van der Waals surface area contributed by atoms with E-state index in [1.165, 1.54) is 20.5 Å². The Labute approximate surface area is 580 Å². The van der Waals surface area contributed by atoms with E-state index in [9.17, 15) is 43.2 Å². The smallest absolute Gasteiger partial charge is 0.345 e. The molecule has 4 aromatic carbocycles. The molecule has 0 bridgehead atoms. The van der Waals surface area contributed by atoms with Crippen LogP contribution in [0.5, 0.6) is 5.75 Å². The SMILES string of the molecule is CCOC(=O)c1c(N2CCN(C(=O)c3ccc(Br)o3)CC2)c2ccccc2n(C)c1=O.CCOC(=O)c1c(N2CCN(C(=O)c3cccs3)CC2)c2ccccc2n(Cc2ccc(OC)cc2)c1=O.CCOC(=O)c1c(N2CCN(C(=O)c3ccn[nH]3)CC2)c2ccccc2n(C)c1=O. The number of rotatable bonds is 15. The number of aromatic nitrogens is 5. The average Bonchev–Trinajstić information content (AvgIpc) is 1.62. The van der Waals surface area contributed by atoms with Gasteiger partial charge in [0.15, 0.2) is 10.4 Å². The highest BCUT2D eigenvalue weighted by molar-refractivity contribution is 9.10. The van der Waals surface area contributed by atoms with Gasteiger partial charge in [-0.15, -0.1) is 11.3 Å². The highest BCUT2D eigenvalue weighted by Gasteiger charge is 2.34. The minimum atomic E-state index is -0.640. The summed E-state index contributed by atoms with van der Waals surface area (Å²) in [7, 11) is 4.91. The number of pyridine rings is 3. The summed E-state index contributed by atoms with van der Waals surface area (Å²) >= 11 is 4.64. The molecule has 0 spiro atoms. The Bertz CT molecular complexity index is 4810. The number of amides is 3. The summed E-state index contributed by atoms with van der Waals surface area (Å²) in [5.74, 6) is -1.21. The fourth-order valence-corrected chi connectivity index (χ4v) is 13.6. The van der Waals surface area contributed by atoms with Crippen molar-refractivity contribution in [3.05, 3.63) is 213 Å². The van der Waals surface area contributed by atoms with Crippen molar-refractivity contribution in [2.75, 3.05) is 120 Å². The van der Waals surface area contributed by atoms with Gasteiger partial charge in [-0.05, 0) is 102 Å². The first kappa shape index (κ1) is 69.5. The molecule has 0 aliphatic carbocycles. The van der Waals surface area contributed by atoms with E-state index in [1.54, 1.807) is 80.7 Å². The Hall–Kier alpha value is -10.8. The van der Waals surface area contributed by atoms with E-state index in [0.717, 1.165) is 44.0 Å². The predicted octanol–water partition coefficient (Wildman–Crippen LogP) is 8.69. The van der Waals surface area contributed by atoms with Crippen molar-refractivity contribution < 1.29 is 52.1 Å². The third kappa shape index (κ3) is 14.6. The monoisotopic (exact) mass is 1430 g/mol. The number of methoxy groups -OCH3 is 1. The molecule has 99 heavy (non-hydrogen) atoms. The first-order valence-corrected chi connectivity index (χ1v) is 34.1. The number of furan rings is 1. The van der Waals surface area contributed by atoms with Gasteiger partial charge in [-0.3, -0.25) is 33.9 Å². The summed E-state index contributed by atoms with van der Waals surface area (Å²) in [5, 5.41) is 10.8. The van der Waals surface area contributed by atoms with Crippen LogP contribution in [-0.4, -0.2) is 180 Å². The molecule has 27 heteroatoms. The Morgan fingerprint density at radius 2 is 0.939 bits per heavy atom. The molecule has 6 aromatic heterocycles. The second-order valence-corrected chi connectivity index (χ2v) is 25.0. The number of anilines is 3. The Kier molecular flexibility index (Phi) is 21.9. The number of thiophene rings is 1. The van der Waals surface area contributed by atoms with Crippen molar-refractivity contribution >= 4 is 113 Å². The van der Waals surface area contributed by atoms with Gasteiger partial charge < -0.3 is 66.5 Å². The number of aromatic amines is 1. The zero-order valence-corrected chi connectivity index (χ0v) is 58.0. The number of ether oxygens (including phenoxy) is 4. The lowest BCUT2D eigenvalue weighted by molar-refractivity contribution is 0.0514. The molecule has 25 nitrogen and oxygen atoms in total. The lowest BCUT2D eigenvalue weighted by atomic mass is 10.0. The number of piperazine rings is 3. The van der Waals surface area contributed by atoms with Gasteiger partial charge in [0.2, 0.25) is 0 Å². The molecule has 3 amide bonds. The number of H-pyrrole nitrogens is 1. The van der Waals surface area contributed by atoms with E-state index in [0.29, 0.717) is 117 Å². The first-order chi connectivity index (χ1) is 48.0. The van der Waals surface area contributed by atoms with Crippen molar-refractivity contribution in [1.82, 2.24) is 38.6 Å². The minimum absolute atomic E-state index is 0.00466. The summed E-state index contributed by atoms with van der Waals surface area (Å²) in [6.07, 6.45) is 1.54. The molecule has 1 N–H and O–H groups in total. The molecule has 0 radical (unpaired) electrons. The predicted molar refractivity (Wildman–Crippen MR) is 380 cm³/mol. The Balaban J connectivity index is 0.000000151. The third-order valence-corrected chi connectivity index (χ3v) is 18.8. The lowest BCUT2D eigenvalue weighted by Crippen LogP contribution is -2.49. The fraction of sp³-hybridized carbons (Fsp3) is 0.306.